The van der Waals surface area contributed by atoms with Crippen molar-refractivity contribution in [3.63, 3.8) is 0 Å². The summed E-state index contributed by atoms with van der Waals surface area (Å²) in [5.74, 6) is -1.90. The summed E-state index contributed by atoms with van der Waals surface area (Å²) >= 11 is 0. The average molecular weight is 387 g/mol. The van der Waals surface area contributed by atoms with Crippen LogP contribution in [0.5, 0.6) is 5.75 Å². The average Bonchev–Trinajstić information content (AvgIpc) is 3.17. The van der Waals surface area contributed by atoms with Gasteiger partial charge in [-0.1, -0.05) is 5.16 Å². The van der Waals surface area contributed by atoms with Crippen LogP contribution in [-0.4, -0.2) is 24.1 Å². The zero-order chi connectivity index (χ0) is 20.1. The van der Waals surface area contributed by atoms with Gasteiger partial charge in [0.25, 0.3) is 11.8 Å². The molecule has 2 aromatic carbocycles. The van der Waals surface area contributed by atoms with Crippen molar-refractivity contribution in [3.05, 3.63) is 77.2 Å². The molecule has 1 heterocycles. The summed E-state index contributed by atoms with van der Waals surface area (Å²) in [5.41, 5.74) is 0.117. The van der Waals surface area contributed by atoms with Gasteiger partial charge in [-0.25, -0.2) is 8.78 Å². The Morgan fingerprint density at radius 2 is 1.82 bits per heavy atom. The Bertz CT molecular complexity index is 1000. The first-order valence-electron chi connectivity index (χ1n) is 8.10. The van der Waals surface area contributed by atoms with Crippen LogP contribution in [0.15, 0.2) is 53.1 Å². The van der Waals surface area contributed by atoms with E-state index >= 15 is 0 Å². The lowest BCUT2D eigenvalue weighted by molar-refractivity contribution is 0.0945. The molecule has 0 saturated heterocycles. The number of hydrogen-bond donors (Lipinski definition) is 2. The number of amides is 2. The molecule has 9 heteroatoms. The molecule has 3 aromatic rings. The van der Waals surface area contributed by atoms with Crippen molar-refractivity contribution in [2.75, 3.05) is 12.4 Å². The van der Waals surface area contributed by atoms with Crippen LogP contribution >= 0.6 is 0 Å². The summed E-state index contributed by atoms with van der Waals surface area (Å²) in [6.07, 6.45) is 0. The van der Waals surface area contributed by atoms with Gasteiger partial charge >= 0.3 is 0 Å². The van der Waals surface area contributed by atoms with E-state index in [4.69, 9.17) is 9.26 Å². The van der Waals surface area contributed by atoms with E-state index < -0.39 is 17.5 Å². The monoisotopic (exact) mass is 387 g/mol. The van der Waals surface area contributed by atoms with Gasteiger partial charge in [0.05, 0.1) is 19.3 Å². The fourth-order valence-electron chi connectivity index (χ4n) is 2.29. The van der Waals surface area contributed by atoms with Crippen molar-refractivity contribution < 1.29 is 27.6 Å². The fourth-order valence-corrected chi connectivity index (χ4v) is 2.29. The highest BCUT2D eigenvalue weighted by Crippen LogP contribution is 2.16. The third-order valence-corrected chi connectivity index (χ3v) is 3.75. The molecule has 0 radical (unpaired) electrons. The highest BCUT2D eigenvalue weighted by Gasteiger charge is 2.15. The predicted octanol–water partition coefficient (Wildman–Crippen LogP) is 3.14. The summed E-state index contributed by atoms with van der Waals surface area (Å²) in [6, 6.07) is 10.6. The van der Waals surface area contributed by atoms with Gasteiger partial charge in [-0.2, -0.15) is 0 Å². The van der Waals surface area contributed by atoms with E-state index in [-0.39, 0.29) is 29.6 Å². The number of carbonyl (C=O) groups excluding carboxylic acids is 2. The second-order valence-corrected chi connectivity index (χ2v) is 5.67. The lowest BCUT2D eigenvalue weighted by Gasteiger charge is -2.04. The van der Waals surface area contributed by atoms with Gasteiger partial charge in [-0.05, 0) is 36.4 Å². The molecule has 2 amide bonds. The van der Waals surface area contributed by atoms with Crippen LogP contribution < -0.4 is 15.4 Å². The number of methoxy groups -OCH3 is 1. The van der Waals surface area contributed by atoms with Gasteiger partial charge in [-0.3, -0.25) is 9.59 Å². The quantitative estimate of drug-likeness (QED) is 0.678. The van der Waals surface area contributed by atoms with Crippen molar-refractivity contribution >= 4 is 17.5 Å². The molecule has 7 nitrogen and oxygen atoms in total. The van der Waals surface area contributed by atoms with E-state index in [1.807, 2.05) is 0 Å². The Hall–Kier alpha value is -3.75. The minimum absolute atomic E-state index is 0.00392. The number of nitrogens with one attached hydrogen (secondary N) is 2. The maximum absolute atomic E-state index is 13.6. The summed E-state index contributed by atoms with van der Waals surface area (Å²) in [7, 11) is 1.52. The van der Waals surface area contributed by atoms with Crippen molar-refractivity contribution in [2.24, 2.45) is 0 Å². The topological polar surface area (TPSA) is 93.5 Å². The van der Waals surface area contributed by atoms with Gasteiger partial charge in [0.15, 0.2) is 11.5 Å². The molecular formula is C19H15F2N3O4. The summed E-state index contributed by atoms with van der Waals surface area (Å²) in [4.78, 5) is 24.2. The highest BCUT2D eigenvalue weighted by atomic mass is 19.1. The van der Waals surface area contributed by atoms with Crippen LogP contribution in [0.1, 0.15) is 26.6 Å². The number of nitrogens with zero attached hydrogens (tertiary/aromatic N) is 1. The Labute approximate surface area is 158 Å². The first kappa shape index (κ1) is 19.0. The van der Waals surface area contributed by atoms with Crippen LogP contribution in [0.2, 0.25) is 0 Å². The van der Waals surface area contributed by atoms with E-state index in [1.165, 1.54) is 13.2 Å². The molecule has 0 atom stereocenters. The summed E-state index contributed by atoms with van der Waals surface area (Å²) < 4.78 is 36.5. The molecule has 0 bridgehead atoms. The van der Waals surface area contributed by atoms with Crippen LogP contribution in [0.25, 0.3) is 0 Å². The van der Waals surface area contributed by atoms with Crippen molar-refractivity contribution in [1.29, 1.82) is 0 Å². The zero-order valence-electron chi connectivity index (χ0n) is 14.7. The first-order chi connectivity index (χ1) is 13.5. The number of anilines is 1. The molecule has 0 aliphatic carbocycles. The Morgan fingerprint density at radius 1 is 1.07 bits per heavy atom. The van der Waals surface area contributed by atoms with Gasteiger partial charge < -0.3 is 19.9 Å². The van der Waals surface area contributed by atoms with Gasteiger partial charge in [0, 0.05) is 17.7 Å². The minimum atomic E-state index is -0.913. The number of rotatable bonds is 6. The normalized spacial score (nSPS) is 10.4. The van der Waals surface area contributed by atoms with Crippen LogP contribution in [-0.2, 0) is 6.54 Å². The zero-order valence-corrected chi connectivity index (χ0v) is 14.7. The fraction of sp³-hybridized carbons (Fsp3) is 0.105. The van der Waals surface area contributed by atoms with Crippen molar-refractivity contribution in [3.8, 4) is 5.75 Å². The molecular weight excluding hydrogens is 372 g/mol. The molecule has 0 saturated carbocycles. The van der Waals surface area contributed by atoms with Crippen LogP contribution in [0, 0.1) is 11.6 Å². The molecule has 0 spiro atoms. The molecule has 0 unspecified atom stereocenters. The van der Waals surface area contributed by atoms with Gasteiger partial charge in [0.1, 0.15) is 17.4 Å². The molecule has 1 aromatic heterocycles. The largest absolute Gasteiger partial charge is 0.497 e. The predicted molar refractivity (Wildman–Crippen MR) is 95.0 cm³/mol. The van der Waals surface area contributed by atoms with E-state index in [0.717, 1.165) is 12.1 Å². The maximum atomic E-state index is 13.6. The van der Waals surface area contributed by atoms with Crippen LogP contribution in [0.3, 0.4) is 0 Å². The number of aromatic nitrogens is 1. The third kappa shape index (κ3) is 4.50. The molecule has 2 N–H and O–H groups in total. The van der Waals surface area contributed by atoms with E-state index in [0.29, 0.717) is 17.4 Å². The van der Waals surface area contributed by atoms with Crippen molar-refractivity contribution in [2.45, 2.75) is 6.54 Å². The van der Waals surface area contributed by atoms with Crippen molar-refractivity contribution in [1.82, 2.24) is 10.5 Å². The number of halogens is 2. The number of benzene rings is 2. The van der Waals surface area contributed by atoms with E-state index in [2.05, 4.69) is 15.8 Å². The standard InChI is InChI=1S/C19H15F2N3O4/c1-27-13-5-2-11(3-6-13)18(25)22-10-14-9-17(24-28-14)19(26)23-16-7-4-12(20)8-15(16)21/h2-9H,10H2,1H3,(H,22,25)(H,23,26). The molecule has 28 heavy (non-hydrogen) atoms. The summed E-state index contributed by atoms with van der Waals surface area (Å²) in [6.45, 7) is -0.00392. The SMILES string of the molecule is COc1ccc(C(=O)NCc2cc(C(=O)Nc3ccc(F)cc3F)no2)cc1. The molecule has 3 rings (SSSR count). The van der Waals surface area contributed by atoms with Gasteiger partial charge in [-0.15, -0.1) is 0 Å². The van der Waals surface area contributed by atoms with Gasteiger partial charge in [0.2, 0.25) is 0 Å². The Kier molecular flexibility index (Phi) is 5.64. The molecule has 144 valence electrons. The minimum Gasteiger partial charge on any atom is -0.497 e. The molecule has 0 aliphatic heterocycles. The Balaban J connectivity index is 1.58. The molecule has 0 fully saturated rings. The molecule has 0 aliphatic rings. The van der Waals surface area contributed by atoms with E-state index in [9.17, 15) is 18.4 Å². The lowest BCUT2D eigenvalue weighted by atomic mass is 10.2. The first-order valence-corrected chi connectivity index (χ1v) is 8.10. The Morgan fingerprint density at radius 3 is 2.50 bits per heavy atom. The maximum Gasteiger partial charge on any atom is 0.277 e. The third-order valence-electron chi connectivity index (χ3n) is 3.75. The van der Waals surface area contributed by atoms with Crippen LogP contribution in [0.4, 0.5) is 14.5 Å². The second kappa shape index (κ2) is 8.30. The number of ether oxygens (including phenoxy) is 1. The number of hydrogen-bond acceptors (Lipinski definition) is 5. The summed E-state index contributed by atoms with van der Waals surface area (Å²) in [5, 5.41) is 8.47. The lowest BCUT2D eigenvalue weighted by Crippen LogP contribution is -2.22. The number of carbonyl (C=O) groups is 2. The highest BCUT2D eigenvalue weighted by molar-refractivity contribution is 6.02. The second-order valence-electron chi connectivity index (χ2n) is 5.67. The van der Waals surface area contributed by atoms with E-state index in [1.54, 1.807) is 24.3 Å². The smallest absolute Gasteiger partial charge is 0.277 e.